The molecule has 0 spiro atoms. The van der Waals surface area contributed by atoms with Gasteiger partial charge >= 0.3 is 4.87 Å². The lowest BCUT2D eigenvalue weighted by Gasteiger charge is -2.11. The summed E-state index contributed by atoms with van der Waals surface area (Å²) in [7, 11) is -3.70. The largest absolute Gasteiger partial charge is 0.392 e. The van der Waals surface area contributed by atoms with E-state index in [2.05, 4.69) is 9.71 Å². The number of H-pyrrole nitrogens is 1. The van der Waals surface area contributed by atoms with Gasteiger partial charge in [-0.1, -0.05) is 30.4 Å². The van der Waals surface area contributed by atoms with Gasteiger partial charge in [0.1, 0.15) is 0 Å². The fourth-order valence-electron chi connectivity index (χ4n) is 1.89. The summed E-state index contributed by atoms with van der Waals surface area (Å²) in [5.74, 6) is 0. The third-order valence-electron chi connectivity index (χ3n) is 3.01. The van der Waals surface area contributed by atoms with Crippen LogP contribution in [0.1, 0.15) is 23.7 Å². The summed E-state index contributed by atoms with van der Waals surface area (Å²) in [5, 5.41) is 10.7. The van der Waals surface area contributed by atoms with E-state index in [1.807, 2.05) is 6.92 Å². The number of aromatic nitrogens is 1. The van der Waals surface area contributed by atoms with Gasteiger partial charge in [0.15, 0.2) is 0 Å². The molecule has 0 aliphatic carbocycles. The molecule has 0 fully saturated rings. The number of thiazole rings is 1. The van der Waals surface area contributed by atoms with Crippen molar-refractivity contribution in [1.29, 1.82) is 0 Å². The SMILES string of the molecule is CCc1ccc(CO)cc1S(=O)(=O)NCc1csc(=O)[nH]1. The Hall–Kier alpha value is -1.48. The van der Waals surface area contributed by atoms with Crippen molar-refractivity contribution in [2.24, 2.45) is 0 Å². The molecule has 1 aromatic carbocycles. The Labute approximate surface area is 126 Å². The van der Waals surface area contributed by atoms with Gasteiger partial charge in [0.25, 0.3) is 0 Å². The monoisotopic (exact) mass is 328 g/mol. The number of aliphatic hydroxyl groups excluding tert-OH is 1. The second-order valence-electron chi connectivity index (χ2n) is 4.45. The summed E-state index contributed by atoms with van der Waals surface area (Å²) < 4.78 is 27.2. The van der Waals surface area contributed by atoms with Crippen molar-refractivity contribution in [3.63, 3.8) is 0 Å². The Morgan fingerprint density at radius 2 is 2.14 bits per heavy atom. The molecular weight excluding hydrogens is 312 g/mol. The van der Waals surface area contributed by atoms with E-state index in [1.54, 1.807) is 17.5 Å². The van der Waals surface area contributed by atoms with Crippen molar-refractivity contribution < 1.29 is 13.5 Å². The zero-order valence-corrected chi connectivity index (χ0v) is 13.1. The van der Waals surface area contributed by atoms with Crippen LogP contribution in [-0.2, 0) is 29.6 Å². The zero-order chi connectivity index (χ0) is 15.5. The lowest BCUT2D eigenvalue weighted by Crippen LogP contribution is -2.25. The normalized spacial score (nSPS) is 11.7. The highest BCUT2D eigenvalue weighted by Crippen LogP contribution is 2.19. The standard InChI is InChI=1S/C13H16N2O4S2/c1-2-10-4-3-9(7-16)5-12(10)21(18,19)14-6-11-8-20-13(17)15-11/h3-5,8,14,16H,2,6-7H2,1H3,(H,15,17). The number of hydrogen-bond acceptors (Lipinski definition) is 5. The van der Waals surface area contributed by atoms with Crippen LogP contribution in [0.5, 0.6) is 0 Å². The second kappa shape index (κ2) is 6.52. The first-order valence-electron chi connectivity index (χ1n) is 6.35. The number of aryl methyl sites for hydroxylation is 1. The number of hydrogen-bond donors (Lipinski definition) is 3. The van der Waals surface area contributed by atoms with Crippen molar-refractivity contribution in [3.05, 3.63) is 50.1 Å². The molecule has 0 bridgehead atoms. The molecule has 1 heterocycles. The first kappa shape index (κ1) is 15.9. The van der Waals surface area contributed by atoms with Crippen molar-refractivity contribution in [2.45, 2.75) is 31.4 Å². The number of aromatic amines is 1. The highest BCUT2D eigenvalue weighted by Gasteiger charge is 2.18. The van der Waals surface area contributed by atoms with E-state index in [0.29, 0.717) is 23.2 Å². The average molecular weight is 328 g/mol. The Kier molecular flexibility index (Phi) is 4.94. The fourth-order valence-corrected chi connectivity index (χ4v) is 3.84. The maximum Gasteiger partial charge on any atom is 0.304 e. The smallest absolute Gasteiger partial charge is 0.304 e. The van der Waals surface area contributed by atoms with Gasteiger partial charge in [0, 0.05) is 11.1 Å². The maximum atomic E-state index is 12.4. The van der Waals surface area contributed by atoms with E-state index in [9.17, 15) is 13.2 Å². The molecular formula is C13H16N2O4S2. The highest BCUT2D eigenvalue weighted by atomic mass is 32.2. The molecule has 2 rings (SSSR count). The van der Waals surface area contributed by atoms with Crippen LogP contribution in [0, 0.1) is 0 Å². The number of benzene rings is 1. The van der Waals surface area contributed by atoms with Gasteiger partial charge in [-0.2, -0.15) is 0 Å². The van der Waals surface area contributed by atoms with Crippen LogP contribution in [-0.4, -0.2) is 18.5 Å². The third-order valence-corrected chi connectivity index (χ3v) is 5.21. The minimum absolute atomic E-state index is 0.0214. The molecule has 0 saturated carbocycles. The molecule has 6 nitrogen and oxygen atoms in total. The van der Waals surface area contributed by atoms with E-state index in [1.165, 1.54) is 6.07 Å². The molecule has 0 amide bonds. The summed E-state index contributed by atoms with van der Waals surface area (Å²) in [6, 6.07) is 4.87. The van der Waals surface area contributed by atoms with E-state index in [0.717, 1.165) is 11.3 Å². The molecule has 3 N–H and O–H groups in total. The molecule has 0 radical (unpaired) electrons. The summed E-state index contributed by atoms with van der Waals surface area (Å²) in [5.41, 5.74) is 1.74. The summed E-state index contributed by atoms with van der Waals surface area (Å²) in [4.78, 5) is 13.5. The first-order valence-corrected chi connectivity index (χ1v) is 8.71. The van der Waals surface area contributed by atoms with E-state index < -0.39 is 10.0 Å². The van der Waals surface area contributed by atoms with Crippen molar-refractivity contribution in [3.8, 4) is 0 Å². The number of rotatable bonds is 6. The summed E-state index contributed by atoms with van der Waals surface area (Å²) in [6.07, 6.45) is 0.567. The predicted octanol–water partition coefficient (Wildman–Crippen LogP) is 0.970. The van der Waals surface area contributed by atoms with Crippen molar-refractivity contribution >= 4 is 21.4 Å². The molecule has 1 aromatic heterocycles. The molecule has 8 heteroatoms. The van der Waals surface area contributed by atoms with Crippen LogP contribution in [0.3, 0.4) is 0 Å². The van der Waals surface area contributed by atoms with Gasteiger partial charge in [-0.3, -0.25) is 4.79 Å². The minimum atomic E-state index is -3.70. The summed E-state index contributed by atoms with van der Waals surface area (Å²) >= 11 is 0.986. The van der Waals surface area contributed by atoms with Gasteiger partial charge in [0.2, 0.25) is 10.0 Å². The number of sulfonamides is 1. The van der Waals surface area contributed by atoms with Gasteiger partial charge < -0.3 is 10.1 Å². The van der Waals surface area contributed by atoms with E-state index in [-0.39, 0.29) is 22.9 Å². The molecule has 0 atom stereocenters. The topological polar surface area (TPSA) is 99.3 Å². The Bertz CT molecular complexity index is 777. The minimum Gasteiger partial charge on any atom is -0.392 e. The van der Waals surface area contributed by atoms with Crippen LogP contribution in [0.25, 0.3) is 0 Å². The molecule has 0 saturated heterocycles. The van der Waals surface area contributed by atoms with Gasteiger partial charge in [-0.25, -0.2) is 13.1 Å². The van der Waals surface area contributed by atoms with Crippen LogP contribution < -0.4 is 9.60 Å². The molecule has 2 aromatic rings. The fraction of sp³-hybridized carbons (Fsp3) is 0.308. The van der Waals surface area contributed by atoms with Gasteiger partial charge in [-0.15, -0.1) is 0 Å². The zero-order valence-electron chi connectivity index (χ0n) is 11.4. The lowest BCUT2D eigenvalue weighted by atomic mass is 10.1. The van der Waals surface area contributed by atoms with E-state index in [4.69, 9.17) is 5.11 Å². The molecule has 0 unspecified atom stereocenters. The van der Waals surface area contributed by atoms with Crippen LogP contribution in [0.4, 0.5) is 0 Å². The Balaban J connectivity index is 2.27. The maximum absolute atomic E-state index is 12.4. The number of aliphatic hydroxyl groups is 1. The van der Waals surface area contributed by atoms with Crippen molar-refractivity contribution in [1.82, 2.24) is 9.71 Å². The quantitative estimate of drug-likeness (QED) is 0.736. The second-order valence-corrected chi connectivity index (χ2v) is 7.03. The van der Waals surface area contributed by atoms with Crippen LogP contribution in [0.15, 0.2) is 33.3 Å². The first-order chi connectivity index (χ1) is 9.96. The Morgan fingerprint density at radius 3 is 2.71 bits per heavy atom. The molecule has 0 aliphatic heterocycles. The molecule has 114 valence electrons. The van der Waals surface area contributed by atoms with E-state index >= 15 is 0 Å². The van der Waals surface area contributed by atoms with Crippen molar-refractivity contribution in [2.75, 3.05) is 0 Å². The average Bonchev–Trinajstić information content (AvgIpc) is 2.90. The predicted molar refractivity (Wildman–Crippen MR) is 80.7 cm³/mol. The van der Waals surface area contributed by atoms with Gasteiger partial charge in [0.05, 0.1) is 18.0 Å². The Morgan fingerprint density at radius 1 is 1.38 bits per heavy atom. The molecule has 0 aliphatic rings. The number of nitrogens with one attached hydrogen (secondary N) is 2. The third kappa shape index (κ3) is 3.79. The summed E-state index contributed by atoms with van der Waals surface area (Å²) in [6.45, 7) is 1.67. The highest BCUT2D eigenvalue weighted by molar-refractivity contribution is 7.89. The molecule has 21 heavy (non-hydrogen) atoms. The van der Waals surface area contributed by atoms with Gasteiger partial charge in [-0.05, 0) is 23.6 Å². The lowest BCUT2D eigenvalue weighted by molar-refractivity contribution is 0.281. The van der Waals surface area contributed by atoms with Crippen LogP contribution in [0.2, 0.25) is 0 Å². The van der Waals surface area contributed by atoms with Crippen LogP contribution >= 0.6 is 11.3 Å².